The summed E-state index contributed by atoms with van der Waals surface area (Å²) >= 11 is 0. The fourth-order valence-corrected chi connectivity index (χ4v) is 3.94. The highest BCUT2D eigenvalue weighted by Gasteiger charge is 2.08. The van der Waals surface area contributed by atoms with Crippen molar-refractivity contribution in [3.05, 3.63) is 120 Å². The van der Waals surface area contributed by atoms with Crippen LogP contribution < -0.4 is 0 Å². The number of aromatic amines is 2. The molecule has 4 heteroatoms. The summed E-state index contributed by atoms with van der Waals surface area (Å²) in [7, 11) is 0. The molecule has 0 saturated heterocycles. The summed E-state index contributed by atoms with van der Waals surface area (Å²) in [6.07, 6.45) is 7.61. The van der Waals surface area contributed by atoms with E-state index >= 15 is 0 Å². The van der Waals surface area contributed by atoms with E-state index < -0.39 is 0 Å². The van der Waals surface area contributed by atoms with E-state index in [-0.39, 0.29) is 0 Å². The fourth-order valence-electron chi connectivity index (χ4n) is 3.94. The van der Waals surface area contributed by atoms with Gasteiger partial charge in [0.05, 0.1) is 23.8 Å². The molecule has 0 bridgehead atoms. The third kappa shape index (κ3) is 4.86. The number of H-pyrrole nitrogens is 2. The van der Waals surface area contributed by atoms with E-state index in [2.05, 4.69) is 92.7 Å². The maximum atomic E-state index is 4.59. The number of nitrogens with zero attached hydrogens (tertiary/aromatic N) is 2. The van der Waals surface area contributed by atoms with E-state index in [9.17, 15) is 0 Å². The van der Waals surface area contributed by atoms with E-state index in [1.165, 1.54) is 11.1 Å². The van der Waals surface area contributed by atoms with Crippen molar-refractivity contribution < 1.29 is 0 Å². The molecule has 0 saturated carbocycles. The lowest BCUT2D eigenvalue weighted by molar-refractivity contribution is 0.885. The molecule has 2 aromatic heterocycles. The zero-order valence-corrected chi connectivity index (χ0v) is 18.0. The van der Waals surface area contributed by atoms with Gasteiger partial charge in [-0.25, -0.2) is 9.97 Å². The van der Waals surface area contributed by atoms with Gasteiger partial charge in [-0.05, 0) is 30.0 Å². The van der Waals surface area contributed by atoms with Crippen LogP contribution in [-0.2, 0) is 25.7 Å². The van der Waals surface area contributed by atoms with Gasteiger partial charge in [0.2, 0.25) is 0 Å². The number of nitrogens with one attached hydrogen (secondary N) is 2. The number of rotatable bonds is 8. The Morgan fingerprint density at radius 2 is 0.969 bits per heavy atom. The van der Waals surface area contributed by atoms with Crippen LogP contribution in [0.4, 0.5) is 0 Å². The lowest BCUT2D eigenvalue weighted by Crippen LogP contribution is -1.93. The van der Waals surface area contributed by atoms with Gasteiger partial charge in [0.15, 0.2) is 0 Å². The number of aromatic nitrogens is 4. The summed E-state index contributed by atoms with van der Waals surface area (Å²) < 4.78 is 0. The third-order valence-corrected chi connectivity index (χ3v) is 5.73. The molecule has 0 aliphatic rings. The van der Waals surface area contributed by atoms with E-state index in [0.29, 0.717) is 0 Å². The van der Waals surface area contributed by atoms with E-state index in [4.69, 9.17) is 0 Å². The highest BCUT2D eigenvalue weighted by Crippen LogP contribution is 2.25. The maximum absolute atomic E-state index is 4.59. The second kappa shape index (κ2) is 9.48. The second-order valence-corrected chi connectivity index (χ2v) is 8.04. The van der Waals surface area contributed by atoms with Gasteiger partial charge in [0.25, 0.3) is 0 Å². The Balaban J connectivity index is 1.26. The molecule has 0 aliphatic heterocycles. The predicted octanol–water partition coefficient (Wildman–Crippen LogP) is 6.04. The van der Waals surface area contributed by atoms with Gasteiger partial charge < -0.3 is 9.97 Å². The van der Waals surface area contributed by atoms with Crippen molar-refractivity contribution in [1.82, 2.24) is 19.9 Å². The van der Waals surface area contributed by atoms with Crippen LogP contribution in [0, 0.1) is 0 Å². The minimum Gasteiger partial charge on any atom is -0.342 e. The molecule has 0 spiro atoms. The Morgan fingerprint density at radius 3 is 1.44 bits per heavy atom. The van der Waals surface area contributed by atoms with Crippen LogP contribution in [-0.4, -0.2) is 19.9 Å². The quantitative estimate of drug-likeness (QED) is 0.323. The molecular formula is C28H26N4. The predicted molar refractivity (Wildman–Crippen MR) is 129 cm³/mol. The number of hydrogen-bond donors (Lipinski definition) is 2. The first kappa shape index (κ1) is 20.0. The molecule has 2 N–H and O–H groups in total. The minimum absolute atomic E-state index is 0.898. The zero-order chi connectivity index (χ0) is 21.6. The third-order valence-electron chi connectivity index (χ3n) is 5.73. The summed E-state index contributed by atoms with van der Waals surface area (Å²) in [5, 5.41) is 0. The van der Waals surface area contributed by atoms with Crippen molar-refractivity contribution >= 4 is 0 Å². The first-order chi connectivity index (χ1) is 15.8. The molecule has 0 atom stereocenters. The largest absolute Gasteiger partial charge is 0.342 e. The fraction of sp³-hybridized carbons (Fsp3) is 0.143. The Bertz CT molecular complexity index is 1170. The molecule has 158 valence electrons. The smallest absolute Gasteiger partial charge is 0.106 e. The van der Waals surface area contributed by atoms with Gasteiger partial charge in [-0.15, -0.1) is 0 Å². The van der Waals surface area contributed by atoms with E-state index in [0.717, 1.165) is 59.8 Å². The molecule has 0 fully saturated rings. The lowest BCUT2D eigenvalue weighted by atomic mass is 10.1. The maximum Gasteiger partial charge on any atom is 0.106 e. The standard InChI is InChI=1S/C28H26N4/c1-3-8-21(9-4-1)14-16-27-29-19-25(31-27)23-12-7-13-24(18-23)26-20-30-28(32-26)17-15-22-10-5-2-6-11-22/h1-13,18-20H,14-17H2,(H,29,31)(H,30,32). The molecule has 0 radical (unpaired) electrons. The van der Waals surface area contributed by atoms with Gasteiger partial charge in [-0.2, -0.15) is 0 Å². The van der Waals surface area contributed by atoms with Crippen molar-refractivity contribution in [2.75, 3.05) is 0 Å². The number of imidazole rings is 2. The highest BCUT2D eigenvalue weighted by molar-refractivity contribution is 5.69. The Kier molecular flexibility index (Phi) is 5.93. The van der Waals surface area contributed by atoms with Gasteiger partial charge in [0, 0.05) is 24.0 Å². The lowest BCUT2D eigenvalue weighted by Gasteiger charge is -2.03. The molecule has 3 aromatic carbocycles. The van der Waals surface area contributed by atoms with Crippen LogP contribution >= 0.6 is 0 Å². The van der Waals surface area contributed by atoms with Crippen molar-refractivity contribution in [3.63, 3.8) is 0 Å². The van der Waals surface area contributed by atoms with Gasteiger partial charge in [0.1, 0.15) is 11.6 Å². The Hall–Kier alpha value is -3.92. The average molecular weight is 419 g/mol. The van der Waals surface area contributed by atoms with Crippen molar-refractivity contribution in [2.45, 2.75) is 25.7 Å². The van der Waals surface area contributed by atoms with Crippen LogP contribution in [0.25, 0.3) is 22.5 Å². The van der Waals surface area contributed by atoms with Crippen LogP contribution in [0.1, 0.15) is 22.8 Å². The Morgan fingerprint density at radius 1 is 0.500 bits per heavy atom. The molecule has 5 rings (SSSR count). The molecule has 2 heterocycles. The second-order valence-electron chi connectivity index (χ2n) is 8.04. The molecule has 32 heavy (non-hydrogen) atoms. The zero-order valence-electron chi connectivity index (χ0n) is 18.0. The monoisotopic (exact) mass is 418 g/mol. The van der Waals surface area contributed by atoms with E-state index in [1.807, 2.05) is 24.5 Å². The first-order valence-electron chi connectivity index (χ1n) is 11.1. The average Bonchev–Trinajstić information content (AvgIpc) is 3.53. The van der Waals surface area contributed by atoms with E-state index in [1.54, 1.807) is 0 Å². The van der Waals surface area contributed by atoms with Crippen LogP contribution in [0.15, 0.2) is 97.3 Å². The molecule has 0 unspecified atom stereocenters. The number of benzene rings is 3. The topological polar surface area (TPSA) is 57.4 Å². The summed E-state index contributed by atoms with van der Waals surface area (Å²) in [5.74, 6) is 2.03. The summed E-state index contributed by atoms with van der Waals surface area (Å²) in [5.41, 5.74) is 6.99. The SMILES string of the molecule is c1ccc(CCc2ncc(-c3cccc(-c4cnc(CCc5ccccc5)[nH]4)c3)[nH]2)cc1. The van der Waals surface area contributed by atoms with Crippen molar-refractivity contribution in [3.8, 4) is 22.5 Å². The first-order valence-corrected chi connectivity index (χ1v) is 11.1. The van der Waals surface area contributed by atoms with Crippen LogP contribution in [0.3, 0.4) is 0 Å². The van der Waals surface area contributed by atoms with Crippen LogP contribution in [0.2, 0.25) is 0 Å². The summed E-state index contributed by atoms with van der Waals surface area (Å²) in [6, 6.07) is 29.6. The van der Waals surface area contributed by atoms with Gasteiger partial charge in [-0.3, -0.25) is 0 Å². The summed E-state index contributed by atoms with van der Waals surface area (Å²) in [4.78, 5) is 16.2. The normalized spacial score (nSPS) is 11.0. The molecular weight excluding hydrogens is 392 g/mol. The number of aryl methyl sites for hydroxylation is 4. The highest BCUT2D eigenvalue weighted by atomic mass is 14.9. The molecule has 0 aliphatic carbocycles. The van der Waals surface area contributed by atoms with Gasteiger partial charge >= 0.3 is 0 Å². The Labute approximate surface area is 188 Å². The summed E-state index contributed by atoms with van der Waals surface area (Å²) in [6.45, 7) is 0. The van der Waals surface area contributed by atoms with Gasteiger partial charge in [-0.1, -0.05) is 78.9 Å². The van der Waals surface area contributed by atoms with Crippen molar-refractivity contribution in [1.29, 1.82) is 0 Å². The van der Waals surface area contributed by atoms with Crippen LogP contribution in [0.5, 0.6) is 0 Å². The molecule has 0 amide bonds. The minimum atomic E-state index is 0.898. The van der Waals surface area contributed by atoms with Crippen molar-refractivity contribution in [2.24, 2.45) is 0 Å². The number of hydrogen-bond acceptors (Lipinski definition) is 2. The molecule has 5 aromatic rings. The molecule has 4 nitrogen and oxygen atoms in total.